The predicted molar refractivity (Wildman–Crippen MR) is 44.7 cm³/mol. The van der Waals surface area contributed by atoms with Crippen molar-refractivity contribution in [3.8, 4) is 0 Å². The van der Waals surface area contributed by atoms with Crippen LogP contribution < -0.4 is 0 Å². The van der Waals surface area contributed by atoms with E-state index >= 15 is 0 Å². The lowest BCUT2D eigenvalue weighted by Crippen LogP contribution is -1.47. The second-order valence-corrected chi connectivity index (χ2v) is 0.915. The first kappa shape index (κ1) is 23.2. The molecule has 0 heterocycles. The van der Waals surface area contributed by atoms with Gasteiger partial charge in [0, 0.05) is 13.8 Å². The third-order valence-electron chi connectivity index (χ3n) is 0.283. The minimum Gasteiger partial charge on any atom is -0.0776 e. The Hall–Kier alpha value is -1.16. The molecule has 0 rings (SSSR count). The molecular formula is C6H18N4+2. The summed E-state index contributed by atoms with van der Waals surface area (Å²) in [7, 11) is 0. The molecule has 0 saturated carbocycles. The Morgan fingerprint density at radius 3 is 1.00 bits per heavy atom. The molecule has 0 fully saturated rings. The number of nitrogens with zero attached hydrogens (tertiary/aromatic N) is 4. The molecule has 0 amide bonds. The highest BCUT2D eigenvalue weighted by atomic mass is 14.8. The first-order valence-electron chi connectivity index (χ1n) is 2.45. The minimum atomic E-state index is 0. The Morgan fingerprint density at radius 2 is 1.00 bits per heavy atom. The molecule has 0 aromatic heterocycles. The molecule has 0 atom stereocenters. The SMILES string of the molecule is C.C.CC[N+]#N.CC[N+]#N. The fourth-order valence-corrected chi connectivity index (χ4v) is 0. The second kappa shape index (κ2) is 45.5. The molecule has 0 aliphatic heterocycles. The van der Waals surface area contributed by atoms with E-state index in [-0.39, 0.29) is 14.9 Å². The third kappa shape index (κ3) is 331. The molecule has 10 heavy (non-hydrogen) atoms. The number of hydrogen-bond donors (Lipinski definition) is 0. The smallest absolute Gasteiger partial charge is 0.0776 e. The van der Waals surface area contributed by atoms with Crippen molar-refractivity contribution in [3.05, 3.63) is 9.95 Å². The zero-order valence-corrected chi connectivity index (χ0v) is 5.20. The van der Waals surface area contributed by atoms with Crippen molar-refractivity contribution < 1.29 is 0 Å². The topological polar surface area (TPSA) is 56.3 Å². The van der Waals surface area contributed by atoms with Crippen LogP contribution in [0, 0.1) is 10.8 Å². The van der Waals surface area contributed by atoms with Gasteiger partial charge in [-0.2, -0.15) is 0 Å². The molecule has 0 saturated heterocycles. The third-order valence-corrected chi connectivity index (χ3v) is 0.283. The average Bonchev–Trinajstić information content (AvgIpc) is 1.88. The summed E-state index contributed by atoms with van der Waals surface area (Å²) in [6, 6.07) is 0. The highest BCUT2D eigenvalue weighted by molar-refractivity contribution is 4.39. The standard InChI is InChI=1S/2C2H5N2.2CH4/c2*1-2-4-3;;/h2*2H2,1H3;2*1H4/q2*+1;;. The van der Waals surface area contributed by atoms with E-state index in [0.717, 1.165) is 0 Å². The van der Waals surface area contributed by atoms with Crippen molar-refractivity contribution >= 4 is 0 Å². The molecule has 0 aromatic carbocycles. The molecule has 4 heteroatoms. The minimum absolute atomic E-state index is 0. The van der Waals surface area contributed by atoms with E-state index in [4.69, 9.17) is 10.8 Å². The summed E-state index contributed by atoms with van der Waals surface area (Å²) in [4.78, 5) is 5.47. The maximum absolute atomic E-state index is 7.50. The van der Waals surface area contributed by atoms with E-state index in [1.165, 1.54) is 0 Å². The maximum atomic E-state index is 7.50. The van der Waals surface area contributed by atoms with Crippen molar-refractivity contribution in [1.82, 2.24) is 0 Å². The van der Waals surface area contributed by atoms with Gasteiger partial charge in [-0.1, -0.05) is 14.9 Å². The number of rotatable bonds is 0. The van der Waals surface area contributed by atoms with Crippen LogP contribution in [0.1, 0.15) is 28.7 Å². The molecule has 4 nitrogen and oxygen atoms in total. The Kier molecular flexibility index (Phi) is 105. The number of diazo groups is 2. The lowest BCUT2D eigenvalue weighted by atomic mass is 10.8. The van der Waals surface area contributed by atoms with Crippen LogP contribution in [-0.4, -0.2) is 13.1 Å². The number of hydrogen-bond acceptors (Lipinski definition) is 2. The zero-order valence-electron chi connectivity index (χ0n) is 5.20. The molecule has 0 unspecified atom stereocenters. The van der Waals surface area contributed by atoms with E-state index in [2.05, 4.69) is 9.95 Å². The highest BCUT2D eigenvalue weighted by Crippen LogP contribution is 1.52. The maximum Gasteiger partial charge on any atom is 0.302 e. The first-order valence-corrected chi connectivity index (χ1v) is 2.45. The molecule has 0 N–H and O–H groups in total. The monoisotopic (exact) mass is 146 g/mol. The van der Waals surface area contributed by atoms with Crippen LogP contribution in [-0.2, 0) is 0 Å². The first-order chi connectivity index (χ1) is 3.83. The molecule has 60 valence electrons. The zero-order chi connectivity index (χ0) is 6.83. The van der Waals surface area contributed by atoms with Gasteiger partial charge in [-0.15, -0.1) is 0 Å². The van der Waals surface area contributed by atoms with Gasteiger partial charge in [-0.05, 0) is 0 Å². The average molecular weight is 146 g/mol. The quantitative estimate of drug-likeness (QED) is 0.493. The van der Waals surface area contributed by atoms with E-state index in [9.17, 15) is 0 Å². The van der Waals surface area contributed by atoms with Crippen molar-refractivity contribution in [3.63, 3.8) is 0 Å². The van der Waals surface area contributed by atoms with Gasteiger partial charge < -0.3 is 0 Å². The fraction of sp³-hybridized carbons (Fsp3) is 1.00. The molecule has 0 aromatic rings. The molecule has 0 bridgehead atoms. The van der Waals surface area contributed by atoms with E-state index in [0.29, 0.717) is 13.1 Å². The van der Waals surface area contributed by atoms with Crippen molar-refractivity contribution in [2.24, 2.45) is 0 Å². The summed E-state index contributed by atoms with van der Waals surface area (Å²) in [5.41, 5.74) is 0. The Labute approximate surface area is 63.5 Å². The van der Waals surface area contributed by atoms with Crippen molar-refractivity contribution in [1.29, 1.82) is 10.8 Å². The van der Waals surface area contributed by atoms with Gasteiger partial charge in [0.1, 0.15) is 9.95 Å². The summed E-state index contributed by atoms with van der Waals surface area (Å²) in [6.45, 7) is 4.53. The lowest BCUT2D eigenvalue weighted by Gasteiger charge is -1.30. The van der Waals surface area contributed by atoms with Gasteiger partial charge in [-0.25, -0.2) is 0 Å². The Bertz CT molecular complexity index is 83.3. The van der Waals surface area contributed by atoms with Crippen LogP contribution in [0.2, 0.25) is 0 Å². The molecule has 0 spiro atoms. The van der Waals surface area contributed by atoms with Crippen LogP contribution in [0.4, 0.5) is 0 Å². The van der Waals surface area contributed by atoms with Gasteiger partial charge >= 0.3 is 13.1 Å². The summed E-state index contributed by atoms with van der Waals surface area (Å²) >= 11 is 0. The van der Waals surface area contributed by atoms with Gasteiger partial charge in [0.2, 0.25) is 10.8 Å². The van der Waals surface area contributed by atoms with Gasteiger partial charge in [-0.3, -0.25) is 0 Å². The van der Waals surface area contributed by atoms with Gasteiger partial charge in [0.25, 0.3) is 0 Å². The van der Waals surface area contributed by atoms with Crippen LogP contribution in [0.3, 0.4) is 0 Å². The molecule has 0 aliphatic rings. The van der Waals surface area contributed by atoms with E-state index < -0.39 is 0 Å². The summed E-state index contributed by atoms with van der Waals surface area (Å²) in [5, 5.41) is 15.0. The fourth-order valence-electron chi connectivity index (χ4n) is 0. The predicted octanol–water partition coefficient (Wildman–Crippen LogP) is 2.99. The van der Waals surface area contributed by atoms with Crippen LogP contribution >= 0.6 is 0 Å². The van der Waals surface area contributed by atoms with Crippen LogP contribution in [0.15, 0.2) is 0 Å². The molecular weight excluding hydrogens is 128 g/mol. The Morgan fingerprint density at radius 1 is 0.900 bits per heavy atom. The molecule has 0 radical (unpaired) electrons. The molecule has 0 aliphatic carbocycles. The normalized spacial score (nSPS) is 4.00. The Balaban J connectivity index is -0.0000000300. The summed E-state index contributed by atoms with van der Waals surface area (Å²) in [6.07, 6.45) is 0. The van der Waals surface area contributed by atoms with Crippen molar-refractivity contribution in [2.45, 2.75) is 28.7 Å². The van der Waals surface area contributed by atoms with Crippen molar-refractivity contribution in [2.75, 3.05) is 13.1 Å². The van der Waals surface area contributed by atoms with Crippen LogP contribution in [0.5, 0.6) is 0 Å². The van der Waals surface area contributed by atoms with Gasteiger partial charge in [0.15, 0.2) is 0 Å². The highest BCUT2D eigenvalue weighted by Gasteiger charge is 1.67. The lowest BCUT2D eigenvalue weighted by molar-refractivity contribution is 1.25. The van der Waals surface area contributed by atoms with Gasteiger partial charge in [0.05, 0.1) is 0 Å². The van der Waals surface area contributed by atoms with Crippen LogP contribution in [0.25, 0.3) is 9.95 Å². The largest absolute Gasteiger partial charge is 0.302 e. The van der Waals surface area contributed by atoms with E-state index in [1.807, 2.05) is 0 Å². The second-order valence-electron chi connectivity index (χ2n) is 0.915. The van der Waals surface area contributed by atoms with E-state index in [1.54, 1.807) is 13.8 Å². The summed E-state index contributed by atoms with van der Waals surface area (Å²) < 4.78 is 0. The summed E-state index contributed by atoms with van der Waals surface area (Å²) in [5.74, 6) is 0.